The zero-order valence-corrected chi connectivity index (χ0v) is 11.9. The fraction of sp³-hybridized carbons (Fsp3) is 0.125. The second kappa shape index (κ2) is 7.98. The van der Waals surface area contributed by atoms with E-state index in [1.165, 1.54) is 42.6 Å². The zero-order chi connectivity index (χ0) is 16.7. The molecule has 0 heterocycles. The average molecular weight is 322 g/mol. The highest BCUT2D eigenvalue weighted by Gasteiger charge is 2.07. The van der Waals surface area contributed by atoms with E-state index in [1.807, 2.05) is 0 Å². The second-order valence-electron chi connectivity index (χ2n) is 4.51. The third-order valence-electron chi connectivity index (χ3n) is 2.81. The molecule has 120 valence electrons. The summed E-state index contributed by atoms with van der Waals surface area (Å²) in [7, 11) is 0. The molecule has 2 aromatic rings. The highest BCUT2D eigenvalue weighted by atomic mass is 19.3. The number of rotatable bonds is 6. The molecule has 23 heavy (non-hydrogen) atoms. The molecule has 2 rings (SSSR count). The van der Waals surface area contributed by atoms with Gasteiger partial charge in [-0.2, -0.15) is 13.9 Å². The number of alkyl halides is 2. The first-order chi connectivity index (χ1) is 11.0. The summed E-state index contributed by atoms with van der Waals surface area (Å²) >= 11 is 0. The van der Waals surface area contributed by atoms with Crippen LogP contribution in [0.4, 0.5) is 13.2 Å². The maximum absolute atomic E-state index is 12.8. The summed E-state index contributed by atoms with van der Waals surface area (Å²) in [6, 6.07) is 11.5. The normalized spacial score (nSPS) is 11.0. The van der Waals surface area contributed by atoms with Crippen LogP contribution in [0.3, 0.4) is 0 Å². The Balaban J connectivity index is 1.93. The fourth-order valence-electron chi connectivity index (χ4n) is 1.79. The van der Waals surface area contributed by atoms with Gasteiger partial charge in [0.15, 0.2) is 0 Å². The molecule has 2 aromatic carbocycles. The van der Waals surface area contributed by atoms with Gasteiger partial charge < -0.3 is 4.74 Å². The number of para-hydroxylation sites is 1. The Morgan fingerprint density at radius 3 is 2.57 bits per heavy atom. The maximum atomic E-state index is 12.8. The van der Waals surface area contributed by atoms with Gasteiger partial charge in [0.05, 0.1) is 12.6 Å². The van der Waals surface area contributed by atoms with E-state index in [0.717, 1.165) is 0 Å². The van der Waals surface area contributed by atoms with Crippen LogP contribution in [0.2, 0.25) is 0 Å². The van der Waals surface area contributed by atoms with Crippen LogP contribution >= 0.6 is 0 Å². The number of hydrogen-bond acceptors (Lipinski definition) is 3. The van der Waals surface area contributed by atoms with Gasteiger partial charge in [-0.05, 0) is 29.8 Å². The zero-order valence-electron chi connectivity index (χ0n) is 11.9. The smallest absolute Gasteiger partial charge is 0.387 e. The Bertz CT molecular complexity index is 688. The molecule has 1 amide bonds. The first-order valence-electron chi connectivity index (χ1n) is 6.65. The summed E-state index contributed by atoms with van der Waals surface area (Å²) in [4.78, 5) is 11.7. The lowest BCUT2D eigenvalue weighted by atomic mass is 10.1. The summed E-state index contributed by atoms with van der Waals surface area (Å²) in [6.45, 7) is -2.95. The molecule has 0 aromatic heterocycles. The number of carbonyl (C=O) groups excluding carboxylic acids is 1. The SMILES string of the molecule is O=C(Cc1ccc(F)cc1)N/N=C/c1ccccc1OC(F)F. The molecule has 0 radical (unpaired) electrons. The van der Waals surface area contributed by atoms with Crippen molar-refractivity contribution in [2.75, 3.05) is 0 Å². The third-order valence-corrected chi connectivity index (χ3v) is 2.81. The number of nitrogens with one attached hydrogen (secondary N) is 1. The molecule has 1 N–H and O–H groups in total. The van der Waals surface area contributed by atoms with Crippen LogP contribution in [0.5, 0.6) is 5.75 Å². The van der Waals surface area contributed by atoms with Gasteiger partial charge >= 0.3 is 6.61 Å². The van der Waals surface area contributed by atoms with Crippen molar-refractivity contribution >= 4 is 12.1 Å². The van der Waals surface area contributed by atoms with Crippen LogP contribution in [0.1, 0.15) is 11.1 Å². The summed E-state index contributed by atoms with van der Waals surface area (Å²) in [5, 5.41) is 3.70. The van der Waals surface area contributed by atoms with Crippen LogP contribution in [0, 0.1) is 5.82 Å². The molecule has 0 unspecified atom stereocenters. The lowest BCUT2D eigenvalue weighted by Gasteiger charge is -2.07. The Kier molecular flexibility index (Phi) is 5.74. The molecular formula is C16H13F3N2O2. The van der Waals surface area contributed by atoms with E-state index in [4.69, 9.17) is 0 Å². The lowest BCUT2D eigenvalue weighted by Crippen LogP contribution is -2.19. The monoisotopic (exact) mass is 322 g/mol. The van der Waals surface area contributed by atoms with Crippen molar-refractivity contribution in [2.45, 2.75) is 13.0 Å². The topological polar surface area (TPSA) is 50.7 Å². The van der Waals surface area contributed by atoms with E-state index < -0.39 is 12.5 Å². The summed E-state index contributed by atoms with van der Waals surface area (Å²) < 4.78 is 41.6. The maximum Gasteiger partial charge on any atom is 0.387 e. The number of nitrogens with zero attached hydrogens (tertiary/aromatic N) is 1. The third kappa shape index (κ3) is 5.46. The van der Waals surface area contributed by atoms with E-state index in [1.54, 1.807) is 12.1 Å². The summed E-state index contributed by atoms with van der Waals surface area (Å²) in [6.07, 6.45) is 1.23. The van der Waals surface area contributed by atoms with Crippen molar-refractivity contribution in [1.29, 1.82) is 0 Å². The van der Waals surface area contributed by atoms with Gasteiger partial charge in [0, 0.05) is 5.56 Å². The molecule has 0 atom stereocenters. The number of benzene rings is 2. The minimum Gasteiger partial charge on any atom is -0.434 e. The van der Waals surface area contributed by atoms with E-state index in [2.05, 4.69) is 15.3 Å². The first kappa shape index (κ1) is 16.5. The molecule has 0 fully saturated rings. The Morgan fingerprint density at radius 1 is 1.17 bits per heavy atom. The fourth-order valence-corrected chi connectivity index (χ4v) is 1.79. The van der Waals surface area contributed by atoms with Crippen molar-refractivity contribution in [3.8, 4) is 5.75 Å². The van der Waals surface area contributed by atoms with Crippen LogP contribution < -0.4 is 10.2 Å². The van der Waals surface area contributed by atoms with Crippen LogP contribution in [-0.2, 0) is 11.2 Å². The van der Waals surface area contributed by atoms with Crippen molar-refractivity contribution in [3.63, 3.8) is 0 Å². The highest BCUT2D eigenvalue weighted by molar-refractivity contribution is 5.85. The van der Waals surface area contributed by atoms with Gasteiger partial charge in [-0.1, -0.05) is 24.3 Å². The van der Waals surface area contributed by atoms with E-state index in [0.29, 0.717) is 11.1 Å². The number of carbonyl (C=O) groups is 1. The summed E-state index contributed by atoms with van der Waals surface area (Å²) in [5.41, 5.74) is 3.19. The van der Waals surface area contributed by atoms with Crippen LogP contribution in [0.25, 0.3) is 0 Å². The Labute approximate surface area is 130 Å². The highest BCUT2D eigenvalue weighted by Crippen LogP contribution is 2.18. The molecule has 4 nitrogen and oxygen atoms in total. The molecule has 0 aliphatic rings. The number of hydrazone groups is 1. The molecule has 0 aliphatic carbocycles. The quantitative estimate of drug-likeness (QED) is 0.656. The minimum absolute atomic E-state index is 0.0206. The number of halogens is 3. The molecular weight excluding hydrogens is 309 g/mol. The average Bonchev–Trinajstić information content (AvgIpc) is 2.51. The number of ether oxygens (including phenoxy) is 1. The molecule has 0 saturated carbocycles. The van der Waals surface area contributed by atoms with Crippen molar-refractivity contribution in [1.82, 2.24) is 5.43 Å². The largest absolute Gasteiger partial charge is 0.434 e. The van der Waals surface area contributed by atoms with Gasteiger partial charge in [-0.25, -0.2) is 9.82 Å². The predicted molar refractivity (Wildman–Crippen MR) is 78.9 cm³/mol. The molecule has 0 saturated heterocycles. The molecule has 7 heteroatoms. The molecule has 0 spiro atoms. The van der Waals surface area contributed by atoms with Gasteiger partial charge in [-0.15, -0.1) is 0 Å². The van der Waals surface area contributed by atoms with Gasteiger partial charge in [0.2, 0.25) is 5.91 Å². The molecule has 0 aliphatic heterocycles. The summed E-state index contributed by atoms with van der Waals surface area (Å²) in [5.74, 6) is -0.845. The molecule has 0 bridgehead atoms. The minimum atomic E-state index is -2.95. The van der Waals surface area contributed by atoms with Crippen LogP contribution in [0.15, 0.2) is 53.6 Å². The van der Waals surface area contributed by atoms with Gasteiger partial charge in [0.1, 0.15) is 11.6 Å². The van der Waals surface area contributed by atoms with E-state index in [9.17, 15) is 18.0 Å². The van der Waals surface area contributed by atoms with Gasteiger partial charge in [-0.3, -0.25) is 4.79 Å². The van der Waals surface area contributed by atoms with Crippen LogP contribution in [-0.4, -0.2) is 18.7 Å². The van der Waals surface area contributed by atoms with Gasteiger partial charge in [0.25, 0.3) is 0 Å². The van der Waals surface area contributed by atoms with Crippen molar-refractivity contribution in [2.24, 2.45) is 5.10 Å². The second-order valence-corrected chi connectivity index (χ2v) is 4.51. The standard InChI is InChI=1S/C16H13F3N2O2/c17-13-7-5-11(6-8-13)9-15(22)21-20-10-12-3-1-2-4-14(12)23-16(18)19/h1-8,10,16H,9H2,(H,21,22)/b20-10+. The predicted octanol–water partition coefficient (Wildman–Crippen LogP) is 3.12. The number of hydrogen-bond donors (Lipinski definition) is 1. The van der Waals surface area contributed by atoms with E-state index >= 15 is 0 Å². The Hall–Kier alpha value is -2.83. The van der Waals surface area contributed by atoms with Crippen molar-refractivity contribution < 1.29 is 22.7 Å². The lowest BCUT2D eigenvalue weighted by molar-refractivity contribution is -0.120. The first-order valence-corrected chi connectivity index (χ1v) is 6.65. The Morgan fingerprint density at radius 2 is 1.87 bits per heavy atom. The van der Waals surface area contributed by atoms with E-state index in [-0.39, 0.29) is 18.0 Å². The van der Waals surface area contributed by atoms with Crippen molar-refractivity contribution in [3.05, 3.63) is 65.5 Å². The number of amides is 1.